The smallest absolute Gasteiger partial charge is 0.238 e. The van der Waals surface area contributed by atoms with Crippen molar-refractivity contribution in [3.63, 3.8) is 0 Å². The standard InChI is InChI=1S/C16H20FN5OS/c17-13-3-1-2-4-14(13)20-15(23)11-22-7-5-21(6-8-22)10-12-9-19-16(18)24-12/h1-4,9H,5-8,10-11H2,(H2,18,19)(H,20,23). The van der Waals surface area contributed by atoms with Gasteiger partial charge in [0.15, 0.2) is 5.13 Å². The number of hydrogen-bond donors (Lipinski definition) is 2. The molecule has 1 fully saturated rings. The van der Waals surface area contributed by atoms with E-state index in [1.54, 1.807) is 18.2 Å². The van der Waals surface area contributed by atoms with E-state index in [1.807, 2.05) is 6.20 Å². The Hall–Kier alpha value is -2.03. The molecule has 0 saturated carbocycles. The molecule has 0 radical (unpaired) electrons. The Morgan fingerprint density at radius 1 is 1.25 bits per heavy atom. The van der Waals surface area contributed by atoms with Gasteiger partial charge in [-0.25, -0.2) is 9.37 Å². The Morgan fingerprint density at radius 2 is 1.96 bits per heavy atom. The van der Waals surface area contributed by atoms with Crippen LogP contribution in [-0.4, -0.2) is 53.4 Å². The minimum Gasteiger partial charge on any atom is -0.375 e. The molecule has 1 saturated heterocycles. The second-order valence-corrected chi connectivity index (χ2v) is 6.89. The SMILES string of the molecule is Nc1ncc(CN2CCN(CC(=O)Nc3ccccc3F)CC2)s1. The van der Waals surface area contributed by atoms with Crippen molar-refractivity contribution in [2.45, 2.75) is 6.54 Å². The fraction of sp³-hybridized carbons (Fsp3) is 0.375. The lowest BCUT2D eigenvalue weighted by molar-refractivity contribution is -0.117. The number of nitrogens with one attached hydrogen (secondary N) is 1. The molecule has 1 aliphatic heterocycles. The van der Waals surface area contributed by atoms with Crippen molar-refractivity contribution < 1.29 is 9.18 Å². The monoisotopic (exact) mass is 349 g/mol. The predicted molar refractivity (Wildman–Crippen MR) is 93.3 cm³/mol. The lowest BCUT2D eigenvalue weighted by Crippen LogP contribution is -2.48. The fourth-order valence-electron chi connectivity index (χ4n) is 2.68. The number of carbonyl (C=O) groups is 1. The average Bonchev–Trinajstić information content (AvgIpc) is 2.96. The molecule has 1 aliphatic rings. The van der Waals surface area contributed by atoms with Crippen LogP contribution in [0.15, 0.2) is 30.5 Å². The van der Waals surface area contributed by atoms with E-state index in [1.165, 1.54) is 17.4 Å². The number of thiazole rings is 1. The molecule has 1 aromatic heterocycles. The van der Waals surface area contributed by atoms with Gasteiger partial charge >= 0.3 is 0 Å². The van der Waals surface area contributed by atoms with Gasteiger partial charge in [0.25, 0.3) is 0 Å². The van der Waals surface area contributed by atoms with Crippen LogP contribution in [0.3, 0.4) is 0 Å². The second kappa shape index (κ2) is 7.69. The summed E-state index contributed by atoms with van der Waals surface area (Å²) in [5.41, 5.74) is 5.87. The van der Waals surface area contributed by atoms with Crippen LogP contribution in [0.4, 0.5) is 15.2 Å². The maximum Gasteiger partial charge on any atom is 0.238 e. The van der Waals surface area contributed by atoms with Crippen LogP contribution >= 0.6 is 11.3 Å². The van der Waals surface area contributed by atoms with Crippen molar-refractivity contribution in [3.8, 4) is 0 Å². The maximum atomic E-state index is 13.5. The Bertz CT molecular complexity index is 699. The molecule has 0 spiro atoms. The molecule has 24 heavy (non-hydrogen) atoms. The van der Waals surface area contributed by atoms with Crippen molar-refractivity contribution in [1.29, 1.82) is 0 Å². The first-order valence-electron chi connectivity index (χ1n) is 7.79. The van der Waals surface area contributed by atoms with E-state index >= 15 is 0 Å². The van der Waals surface area contributed by atoms with Crippen molar-refractivity contribution in [3.05, 3.63) is 41.2 Å². The molecule has 1 amide bonds. The number of carbonyl (C=O) groups excluding carboxylic acids is 1. The largest absolute Gasteiger partial charge is 0.375 e. The topological polar surface area (TPSA) is 74.5 Å². The van der Waals surface area contributed by atoms with Crippen LogP contribution < -0.4 is 11.1 Å². The van der Waals surface area contributed by atoms with Gasteiger partial charge in [0.2, 0.25) is 5.91 Å². The average molecular weight is 349 g/mol. The number of amides is 1. The van der Waals surface area contributed by atoms with Crippen LogP contribution in [0, 0.1) is 5.82 Å². The lowest BCUT2D eigenvalue weighted by Gasteiger charge is -2.33. The third-order valence-corrected chi connectivity index (χ3v) is 4.74. The van der Waals surface area contributed by atoms with Gasteiger partial charge in [0, 0.05) is 43.8 Å². The van der Waals surface area contributed by atoms with E-state index in [0.29, 0.717) is 5.13 Å². The van der Waals surface area contributed by atoms with Gasteiger partial charge in [-0.15, -0.1) is 11.3 Å². The third-order valence-electron chi connectivity index (χ3n) is 3.93. The summed E-state index contributed by atoms with van der Waals surface area (Å²) in [6.07, 6.45) is 1.81. The number of nitrogens with two attached hydrogens (primary N) is 1. The van der Waals surface area contributed by atoms with E-state index < -0.39 is 5.82 Å². The molecule has 3 rings (SSSR count). The first-order chi connectivity index (χ1) is 11.6. The summed E-state index contributed by atoms with van der Waals surface area (Å²) in [5.74, 6) is -0.608. The molecule has 3 N–H and O–H groups in total. The Kier molecular flexibility index (Phi) is 5.39. The lowest BCUT2D eigenvalue weighted by atomic mass is 10.3. The molecular formula is C16H20FN5OS. The normalized spacial score (nSPS) is 16.2. The molecule has 0 aliphatic carbocycles. The number of hydrogen-bond acceptors (Lipinski definition) is 6. The molecule has 1 aromatic carbocycles. The zero-order valence-electron chi connectivity index (χ0n) is 13.2. The summed E-state index contributed by atoms with van der Waals surface area (Å²) in [5, 5.41) is 3.21. The molecule has 2 heterocycles. The highest BCUT2D eigenvalue weighted by Gasteiger charge is 2.20. The molecule has 0 unspecified atom stereocenters. The molecule has 0 atom stereocenters. The Morgan fingerprint density at radius 3 is 2.62 bits per heavy atom. The maximum absolute atomic E-state index is 13.5. The second-order valence-electron chi connectivity index (χ2n) is 5.75. The number of nitrogens with zero attached hydrogens (tertiary/aromatic N) is 3. The minimum absolute atomic E-state index is 0.191. The number of rotatable bonds is 5. The number of aromatic nitrogens is 1. The van der Waals surface area contributed by atoms with E-state index in [4.69, 9.17) is 5.73 Å². The molecule has 6 nitrogen and oxygen atoms in total. The number of halogens is 1. The number of para-hydroxylation sites is 1. The summed E-state index contributed by atoms with van der Waals surface area (Å²) in [6, 6.07) is 6.19. The van der Waals surface area contributed by atoms with Crippen LogP contribution in [-0.2, 0) is 11.3 Å². The van der Waals surface area contributed by atoms with E-state index in [-0.39, 0.29) is 18.1 Å². The van der Waals surface area contributed by atoms with Crippen molar-refractivity contribution >= 4 is 28.1 Å². The first-order valence-corrected chi connectivity index (χ1v) is 8.61. The van der Waals surface area contributed by atoms with Crippen LogP contribution in [0.2, 0.25) is 0 Å². The molecule has 8 heteroatoms. The molecule has 128 valence electrons. The first kappa shape index (κ1) is 16.8. The number of piperazine rings is 1. The van der Waals surface area contributed by atoms with E-state index in [0.717, 1.165) is 37.6 Å². The quantitative estimate of drug-likeness (QED) is 0.858. The number of nitrogen functional groups attached to an aromatic ring is 1. The highest BCUT2D eigenvalue weighted by atomic mass is 32.1. The molecule has 2 aromatic rings. The summed E-state index contributed by atoms with van der Waals surface area (Å²) >= 11 is 1.51. The van der Waals surface area contributed by atoms with Crippen LogP contribution in [0.25, 0.3) is 0 Å². The highest BCUT2D eigenvalue weighted by molar-refractivity contribution is 7.15. The van der Waals surface area contributed by atoms with Crippen LogP contribution in [0.1, 0.15) is 4.88 Å². The summed E-state index contributed by atoms with van der Waals surface area (Å²) < 4.78 is 13.5. The third kappa shape index (κ3) is 4.50. The Balaban J connectivity index is 1.43. The summed E-state index contributed by atoms with van der Waals surface area (Å²) in [4.78, 5) is 21.7. The fourth-order valence-corrected chi connectivity index (χ4v) is 3.40. The number of benzene rings is 1. The molecular weight excluding hydrogens is 329 g/mol. The van der Waals surface area contributed by atoms with Gasteiger partial charge in [-0.2, -0.15) is 0 Å². The predicted octanol–water partition coefficient (Wildman–Crippen LogP) is 1.62. The Labute approximate surface area is 144 Å². The van der Waals surface area contributed by atoms with Gasteiger partial charge in [0.05, 0.1) is 12.2 Å². The zero-order valence-corrected chi connectivity index (χ0v) is 14.1. The summed E-state index contributed by atoms with van der Waals surface area (Å²) in [6.45, 7) is 4.48. The molecule has 0 bridgehead atoms. The van der Waals surface area contributed by atoms with Gasteiger partial charge in [-0.05, 0) is 12.1 Å². The van der Waals surface area contributed by atoms with Gasteiger partial charge in [0.1, 0.15) is 5.82 Å². The number of anilines is 2. The van der Waals surface area contributed by atoms with E-state index in [9.17, 15) is 9.18 Å². The van der Waals surface area contributed by atoms with Crippen molar-refractivity contribution in [2.24, 2.45) is 0 Å². The van der Waals surface area contributed by atoms with Gasteiger partial charge < -0.3 is 11.1 Å². The van der Waals surface area contributed by atoms with Gasteiger partial charge in [-0.3, -0.25) is 14.6 Å². The van der Waals surface area contributed by atoms with Crippen molar-refractivity contribution in [1.82, 2.24) is 14.8 Å². The van der Waals surface area contributed by atoms with Crippen LogP contribution in [0.5, 0.6) is 0 Å². The minimum atomic E-state index is -0.417. The van der Waals surface area contributed by atoms with E-state index in [2.05, 4.69) is 20.1 Å². The van der Waals surface area contributed by atoms with Gasteiger partial charge in [-0.1, -0.05) is 12.1 Å². The zero-order chi connectivity index (χ0) is 16.9. The van der Waals surface area contributed by atoms with Crippen molar-refractivity contribution in [2.75, 3.05) is 43.8 Å². The highest BCUT2D eigenvalue weighted by Crippen LogP contribution is 2.17. The summed E-state index contributed by atoms with van der Waals surface area (Å²) in [7, 11) is 0.